The molecule has 0 spiro atoms. The predicted molar refractivity (Wildman–Crippen MR) is 91.2 cm³/mol. The topological polar surface area (TPSA) is 75.4 Å². The maximum atomic E-state index is 12.7. The Labute approximate surface area is 142 Å². The molecule has 1 saturated carbocycles. The van der Waals surface area contributed by atoms with Gasteiger partial charge >= 0.3 is 0 Å². The molecule has 0 saturated heterocycles. The summed E-state index contributed by atoms with van der Waals surface area (Å²) in [6.07, 6.45) is 9.88. The van der Waals surface area contributed by atoms with E-state index in [1.807, 2.05) is 0 Å². The second-order valence-corrected chi connectivity index (χ2v) is 5.97. The Morgan fingerprint density at radius 2 is 2.04 bits per heavy atom. The van der Waals surface area contributed by atoms with Gasteiger partial charge in [0, 0.05) is 19.0 Å². The van der Waals surface area contributed by atoms with E-state index >= 15 is 0 Å². The molecule has 1 aliphatic carbocycles. The highest BCUT2D eigenvalue weighted by atomic mass is 16.3. The zero-order valence-electron chi connectivity index (χ0n) is 14.0. The molecule has 1 aromatic heterocycles. The Hall–Kier alpha value is -2.37. The molecule has 2 amide bonds. The Morgan fingerprint density at radius 3 is 2.71 bits per heavy atom. The van der Waals surface area contributed by atoms with Crippen molar-refractivity contribution < 1.29 is 14.0 Å². The van der Waals surface area contributed by atoms with Crippen molar-refractivity contribution in [2.45, 2.75) is 38.6 Å². The summed E-state index contributed by atoms with van der Waals surface area (Å²) in [5.41, 5.74) is 0.204. The molecule has 0 bridgehead atoms. The van der Waals surface area contributed by atoms with Crippen LogP contribution in [0.4, 0.5) is 0 Å². The maximum Gasteiger partial charge on any atom is 0.273 e. The van der Waals surface area contributed by atoms with Crippen LogP contribution in [0.2, 0.25) is 0 Å². The summed E-state index contributed by atoms with van der Waals surface area (Å²) in [6.45, 7) is 8.31. The summed E-state index contributed by atoms with van der Waals surface area (Å²) >= 11 is 0. The lowest BCUT2D eigenvalue weighted by Gasteiger charge is -2.27. The van der Waals surface area contributed by atoms with Gasteiger partial charge in [-0.2, -0.15) is 0 Å². The van der Waals surface area contributed by atoms with Crippen LogP contribution in [0.5, 0.6) is 0 Å². The highest BCUT2D eigenvalue weighted by molar-refractivity contribution is 5.92. The first kappa shape index (κ1) is 18.0. The van der Waals surface area contributed by atoms with E-state index in [4.69, 9.17) is 4.42 Å². The van der Waals surface area contributed by atoms with Gasteiger partial charge < -0.3 is 14.6 Å². The average molecular weight is 331 g/mol. The van der Waals surface area contributed by atoms with Crippen LogP contribution in [-0.2, 0) is 11.3 Å². The molecule has 1 heterocycles. The molecule has 2 rings (SSSR count). The second-order valence-electron chi connectivity index (χ2n) is 5.97. The van der Waals surface area contributed by atoms with E-state index in [2.05, 4.69) is 23.5 Å². The van der Waals surface area contributed by atoms with Crippen molar-refractivity contribution in [2.75, 3.05) is 13.1 Å². The molecule has 6 heteroatoms. The van der Waals surface area contributed by atoms with Crippen LogP contribution in [0.3, 0.4) is 0 Å². The molecule has 0 aromatic carbocycles. The van der Waals surface area contributed by atoms with E-state index in [1.165, 1.54) is 12.7 Å². The summed E-state index contributed by atoms with van der Waals surface area (Å²) in [6, 6.07) is 0. The van der Waals surface area contributed by atoms with Crippen molar-refractivity contribution in [3.05, 3.63) is 43.2 Å². The summed E-state index contributed by atoms with van der Waals surface area (Å²) in [5.74, 6) is 0.220. The van der Waals surface area contributed by atoms with Gasteiger partial charge in [0.05, 0.1) is 6.54 Å². The lowest BCUT2D eigenvalue weighted by molar-refractivity contribution is -0.136. The monoisotopic (exact) mass is 331 g/mol. The SMILES string of the molecule is C=CCNC(=O)c1coc(CN(CC=C)C(=O)C2CCCCC2)n1. The molecule has 0 aliphatic heterocycles. The van der Waals surface area contributed by atoms with Crippen molar-refractivity contribution in [1.29, 1.82) is 0 Å². The molecule has 0 radical (unpaired) electrons. The molecular weight excluding hydrogens is 306 g/mol. The van der Waals surface area contributed by atoms with E-state index in [0.717, 1.165) is 25.7 Å². The van der Waals surface area contributed by atoms with Crippen LogP contribution >= 0.6 is 0 Å². The number of amides is 2. The number of carbonyl (C=O) groups excluding carboxylic acids is 2. The zero-order chi connectivity index (χ0) is 17.4. The number of hydrogen-bond donors (Lipinski definition) is 1. The van der Waals surface area contributed by atoms with E-state index in [0.29, 0.717) is 19.0 Å². The largest absolute Gasteiger partial charge is 0.446 e. The number of hydrogen-bond acceptors (Lipinski definition) is 4. The third-order valence-corrected chi connectivity index (χ3v) is 4.13. The molecule has 24 heavy (non-hydrogen) atoms. The minimum atomic E-state index is -0.321. The Kier molecular flexibility index (Phi) is 6.78. The summed E-state index contributed by atoms with van der Waals surface area (Å²) in [5, 5.41) is 2.64. The molecule has 1 fully saturated rings. The molecule has 0 unspecified atom stereocenters. The van der Waals surface area contributed by atoms with Crippen molar-refractivity contribution in [3.63, 3.8) is 0 Å². The number of oxazole rings is 1. The highest BCUT2D eigenvalue weighted by Gasteiger charge is 2.26. The number of rotatable bonds is 8. The lowest BCUT2D eigenvalue weighted by Crippen LogP contribution is -2.36. The third-order valence-electron chi connectivity index (χ3n) is 4.13. The fourth-order valence-electron chi connectivity index (χ4n) is 2.90. The molecule has 1 aromatic rings. The van der Waals surface area contributed by atoms with Gasteiger partial charge in [-0.1, -0.05) is 31.4 Å². The molecule has 0 atom stereocenters. The lowest BCUT2D eigenvalue weighted by atomic mass is 9.88. The smallest absolute Gasteiger partial charge is 0.273 e. The van der Waals surface area contributed by atoms with Crippen LogP contribution in [0.1, 0.15) is 48.5 Å². The van der Waals surface area contributed by atoms with Crippen molar-refractivity contribution >= 4 is 11.8 Å². The summed E-state index contributed by atoms with van der Waals surface area (Å²) in [4.78, 5) is 30.4. The van der Waals surface area contributed by atoms with Crippen LogP contribution < -0.4 is 5.32 Å². The number of carbonyl (C=O) groups is 2. The van der Waals surface area contributed by atoms with E-state index in [1.54, 1.807) is 17.1 Å². The van der Waals surface area contributed by atoms with Gasteiger partial charge in [0.25, 0.3) is 5.91 Å². The van der Waals surface area contributed by atoms with Gasteiger partial charge in [-0.05, 0) is 12.8 Å². The molecule has 130 valence electrons. The van der Waals surface area contributed by atoms with Gasteiger partial charge in [0.2, 0.25) is 11.8 Å². The highest BCUT2D eigenvalue weighted by Crippen LogP contribution is 2.26. The Morgan fingerprint density at radius 1 is 1.29 bits per heavy atom. The zero-order valence-corrected chi connectivity index (χ0v) is 14.0. The Balaban J connectivity index is 2.00. The minimum absolute atomic E-state index is 0.0732. The first-order valence-electron chi connectivity index (χ1n) is 8.39. The minimum Gasteiger partial charge on any atom is -0.446 e. The first-order chi connectivity index (χ1) is 11.7. The first-order valence-corrected chi connectivity index (χ1v) is 8.39. The van der Waals surface area contributed by atoms with Crippen molar-refractivity contribution in [2.24, 2.45) is 5.92 Å². The van der Waals surface area contributed by atoms with Gasteiger partial charge in [-0.15, -0.1) is 13.2 Å². The van der Waals surface area contributed by atoms with E-state index < -0.39 is 0 Å². The quantitative estimate of drug-likeness (QED) is 0.743. The van der Waals surface area contributed by atoms with Crippen molar-refractivity contribution in [1.82, 2.24) is 15.2 Å². The summed E-state index contributed by atoms with van der Waals surface area (Å²) < 4.78 is 5.35. The van der Waals surface area contributed by atoms with Gasteiger partial charge in [-0.3, -0.25) is 9.59 Å². The predicted octanol–water partition coefficient (Wildman–Crippen LogP) is 2.69. The normalized spacial score (nSPS) is 14.8. The van der Waals surface area contributed by atoms with Gasteiger partial charge in [0.15, 0.2) is 5.69 Å². The molecular formula is C18H25N3O3. The van der Waals surface area contributed by atoms with Crippen LogP contribution in [0.15, 0.2) is 36.0 Å². The van der Waals surface area contributed by atoms with Crippen LogP contribution in [-0.4, -0.2) is 34.8 Å². The van der Waals surface area contributed by atoms with Crippen LogP contribution in [0, 0.1) is 5.92 Å². The van der Waals surface area contributed by atoms with E-state index in [9.17, 15) is 9.59 Å². The number of aromatic nitrogens is 1. The maximum absolute atomic E-state index is 12.7. The van der Waals surface area contributed by atoms with E-state index in [-0.39, 0.29) is 30.0 Å². The summed E-state index contributed by atoms with van der Waals surface area (Å²) in [7, 11) is 0. The fraction of sp³-hybridized carbons (Fsp3) is 0.500. The molecule has 6 nitrogen and oxygen atoms in total. The molecule has 1 aliphatic rings. The average Bonchev–Trinajstić information content (AvgIpc) is 3.08. The second kappa shape index (κ2) is 9.05. The Bertz CT molecular complexity index is 588. The van der Waals surface area contributed by atoms with Gasteiger partial charge in [-0.25, -0.2) is 4.98 Å². The standard InChI is InChI=1S/C18H25N3O3/c1-3-10-19-17(22)15-13-24-16(20-15)12-21(11-4-2)18(23)14-8-6-5-7-9-14/h3-4,13-14H,1-2,5-12H2,(H,19,22). The van der Waals surface area contributed by atoms with Crippen LogP contribution in [0.25, 0.3) is 0 Å². The number of nitrogens with one attached hydrogen (secondary N) is 1. The van der Waals surface area contributed by atoms with Crippen molar-refractivity contribution in [3.8, 4) is 0 Å². The van der Waals surface area contributed by atoms with Gasteiger partial charge in [0.1, 0.15) is 6.26 Å². The number of nitrogens with zero attached hydrogens (tertiary/aromatic N) is 2. The molecule has 1 N–H and O–H groups in total. The fourth-order valence-corrected chi connectivity index (χ4v) is 2.90. The third kappa shape index (κ3) is 4.81.